The number of nitrogens with zero attached hydrogens (tertiary/aromatic N) is 1. The molecule has 106 valence electrons. The summed E-state index contributed by atoms with van der Waals surface area (Å²) < 4.78 is 5.63. The number of benzene rings is 1. The molecule has 0 saturated heterocycles. The van der Waals surface area contributed by atoms with E-state index in [0.29, 0.717) is 12.1 Å². The summed E-state index contributed by atoms with van der Waals surface area (Å²) in [6.07, 6.45) is 0. The minimum atomic E-state index is -1.43. The van der Waals surface area contributed by atoms with Crippen molar-refractivity contribution in [2.75, 3.05) is 20.2 Å². The lowest BCUT2D eigenvalue weighted by Crippen LogP contribution is -2.29. The van der Waals surface area contributed by atoms with Crippen LogP contribution in [0.15, 0.2) is 41.1 Å². The molecule has 2 rings (SSSR count). The standard InChI is InChI=1S/C14H18BNO3S/c1-16(10-12-6-9-20-11-12)7-8-19-14-4-2-13(3-5-14)15(17)18/h2-6,9,11,17-18H,7-8,10H2,1H3. The second-order valence-electron chi connectivity index (χ2n) is 4.66. The van der Waals surface area contributed by atoms with Crippen molar-refractivity contribution in [3.8, 4) is 5.75 Å². The lowest BCUT2D eigenvalue weighted by atomic mass is 9.80. The second kappa shape index (κ2) is 7.45. The highest BCUT2D eigenvalue weighted by Crippen LogP contribution is 2.09. The Morgan fingerprint density at radius 1 is 1.20 bits per heavy atom. The second-order valence-corrected chi connectivity index (χ2v) is 5.44. The quantitative estimate of drug-likeness (QED) is 0.746. The zero-order chi connectivity index (χ0) is 14.4. The fourth-order valence-electron chi connectivity index (χ4n) is 1.83. The molecule has 20 heavy (non-hydrogen) atoms. The Hall–Kier alpha value is -1.34. The summed E-state index contributed by atoms with van der Waals surface area (Å²) in [6.45, 7) is 2.35. The third kappa shape index (κ3) is 4.65. The first-order valence-corrected chi connectivity index (χ1v) is 7.38. The van der Waals surface area contributed by atoms with E-state index in [0.717, 1.165) is 18.8 Å². The molecule has 0 aliphatic heterocycles. The van der Waals surface area contributed by atoms with Crippen LogP contribution in [-0.4, -0.2) is 42.3 Å². The van der Waals surface area contributed by atoms with Gasteiger partial charge < -0.3 is 14.8 Å². The fraction of sp³-hybridized carbons (Fsp3) is 0.286. The molecule has 0 unspecified atom stereocenters. The number of hydrogen-bond donors (Lipinski definition) is 2. The maximum absolute atomic E-state index is 8.99. The molecule has 0 aliphatic rings. The topological polar surface area (TPSA) is 52.9 Å². The maximum Gasteiger partial charge on any atom is 0.488 e. The van der Waals surface area contributed by atoms with Crippen LogP contribution in [-0.2, 0) is 6.54 Å². The highest BCUT2D eigenvalue weighted by Gasteiger charge is 2.09. The smallest absolute Gasteiger partial charge is 0.488 e. The van der Waals surface area contributed by atoms with Crippen LogP contribution in [0.3, 0.4) is 0 Å². The Bertz CT molecular complexity index is 502. The highest BCUT2D eigenvalue weighted by atomic mass is 32.1. The summed E-state index contributed by atoms with van der Waals surface area (Å²) in [5.41, 5.74) is 1.78. The lowest BCUT2D eigenvalue weighted by molar-refractivity contribution is 0.233. The molecule has 0 radical (unpaired) electrons. The number of hydrogen-bond acceptors (Lipinski definition) is 5. The summed E-state index contributed by atoms with van der Waals surface area (Å²) in [6, 6.07) is 8.91. The van der Waals surface area contributed by atoms with Gasteiger partial charge in [0.15, 0.2) is 0 Å². The van der Waals surface area contributed by atoms with E-state index in [1.807, 2.05) is 0 Å². The molecular formula is C14H18BNO3S. The van der Waals surface area contributed by atoms with E-state index in [9.17, 15) is 0 Å². The molecule has 0 aliphatic carbocycles. The molecule has 1 heterocycles. The molecule has 6 heteroatoms. The monoisotopic (exact) mass is 291 g/mol. The molecule has 0 amide bonds. The van der Waals surface area contributed by atoms with Crippen molar-refractivity contribution in [3.63, 3.8) is 0 Å². The SMILES string of the molecule is CN(CCOc1ccc(B(O)O)cc1)Cc1ccsc1. The summed E-state index contributed by atoms with van der Waals surface area (Å²) in [4.78, 5) is 2.20. The molecule has 2 N–H and O–H groups in total. The first kappa shape index (κ1) is 15.1. The van der Waals surface area contributed by atoms with Crippen LogP contribution in [0.1, 0.15) is 5.56 Å². The molecule has 0 bridgehead atoms. The van der Waals surface area contributed by atoms with Crippen molar-refractivity contribution in [2.45, 2.75) is 6.54 Å². The van der Waals surface area contributed by atoms with Crippen molar-refractivity contribution in [2.24, 2.45) is 0 Å². The predicted molar refractivity (Wildman–Crippen MR) is 82.4 cm³/mol. The van der Waals surface area contributed by atoms with Crippen molar-refractivity contribution < 1.29 is 14.8 Å². The van der Waals surface area contributed by atoms with Crippen LogP contribution < -0.4 is 10.2 Å². The van der Waals surface area contributed by atoms with Crippen LogP contribution >= 0.6 is 11.3 Å². The average Bonchev–Trinajstić information content (AvgIpc) is 2.92. The van der Waals surface area contributed by atoms with Crippen LogP contribution in [0, 0.1) is 0 Å². The highest BCUT2D eigenvalue weighted by molar-refractivity contribution is 7.07. The predicted octanol–water partition coefficient (Wildman–Crippen LogP) is 0.939. The molecule has 1 aromatic heterocycles. The summed E-state index contributed by atoms with van der Waals surface area (Å²) in [5, 5.41) is 22.2. The molecular weight excluding hydrogens is 273 g/mol. The van der Waals surface area contributed by atoms with Gasteiger partial charge in [-0.3, -0.25) is 4.90 Å². The Balaban J connectivity index is 1.72. The Labute approximate surface area is 123 Å². The van der Waals surface area contributed by atoms with Gasteiger partial charge in [0.05, 0.1) is 0 Å². The van der Waals surface area contributed by atoms with Crippen molar-refractivity contribution in [1.82, 2.24) is 4.90 Å². The third-order valence-corrected chi connectivity index (χ3v) is 3.68. The van der Waals surface area contributed by atoms with Crippen LogP contribution in [0.4, 0.5) is 0 Å². The van der Waals surface area contributed by atoms with Gasteiger partial charge >= 0.3 is 7.12 Å². The minimum Gasteiger partial charge on any atom is -0.492 e. The van der Waals surface area contributed by atoms with E-state index in [2.05, 4.69) is 28.8 Å². The summed E-state index contributed by atoms with van der Waals surface area (Å²) >= 11 is 1.71. The zero-order valence-electron chi connectivity index (χ0n) is 11.4. The van der Waals surface area contributed by atoms with Gasteiger partial charge in [-0.05, 0) is 47.0 Å². The molecule has 0 saturated carbocycles. The van der Waals surface area contributed by atoms with E-state index < -0.39 is 7.12 Å². The Morgan fingerprint density at radius 3 is 2.55 bits per heavy atom. The van der Waals surface area contributed by atoms with Crippen molar-refractivity contribution >= 4 is 23.9 Å². The van der Waals surface area contributed by atoms with Gasteiger partial charge in [0.1, 0.15) is 12.4 Å². The minimum absolute atomic E-state index is 0.465. The number of rotatable bonds is 7. The van der Waals surface area contributed by atoms with Crippen LogP contribution in [0.25, 0.3) is 0 Å². The fourth-order valence-corrected chi connectivity index (χ4v) is 2.49. The summed E-state index contributed by atoms with van der Waals surface area (Å²) in [5.74, 6) is 0.735. The number of ether oxygens (including phenoxy) is 1. The summed E-state index contributed by atoms with van der Waals surface area (Å²) in [7, 11) is 0.632. The lowest BCUT2D eigenvalue weighted by Gasteiger charge is -2.16. The van der Waals surface area contributed by atoms with Gasteiger partial charge in [-0.15, -0.1) is 0 Å². The molecule has 1 aromatic carbocycles. The van der Waals surface area contributed by atoms with Gasteiger partial charge in [-0.2, -0.15) is 11.3 Å². The van der Waals surface area contributed by atoms with Crippen molar-refractivity contribution in [3.05, 3.63) is 46.7 Å². The van der Waals surface area contributed by atoms with Gasteiger partial charge in [0, 0.05) is 13.1 Å². The largest absolute Gasteiger partial charge is 0.492 e. The van der Waals surface area contributed by atoms with Gasteiger partial charge in [0.25, 0.3) is 0 Å². The Morgan fingerprint density at radius 2 is 1.95 bits per heavy atom. The third-order valence-electron chi connectivity index (χ3n) is 2.95. The number of thiophene rings is 1. The van der Waals surface area contributed by atoms with Gasteiger partial charge in [-0.1, -0.05) is 12.1 Å². The van der Waals surface area contributed by atoms with E-state index in [1.54, 1.807) is 35.6 Å². The van der Waals surface area contributed by atoms with Gasteiger partial charge in [-0.25, -0.2) is 0 Å². The molecule has 4 nitrogen and oxygen atoms in total. The molecule has 0 fully saturated rings. The molecule has 0 atom stereocenters. The van der Waals surface area contributed by atoms with Crippen LogP contribution in [0.5, 0.6) is 5.75 Å². The van der Waals surface area contributed by atoms with Gasteiger partial charge in [0.2, 0.25) is 0 Å². The first-order chi connectivity index (χ1) is 9.65. The van der Waals surface area contributed by atoms with Crippen molar-refractivity contribution in [1.29, 1.82) is 0 Å². The normalized spacial score (nSPS) is 10.8. The average molecular weight is 291 g/mol. The molecule has 2 aromatic rings. The molecule has 0 spiro atoms. The van der Waals surface area contributed by atoms with Crippen LogP contribution in [0.2, 0.25) is 0 Å². The van der Waals surface area contributed by atoms with E-state index in [4.69, 9.17) is 14.8 Å². The van der Waals surface area contributed by atoms with E-state index in [-0.39, 0.29) is 0 Å². The first-order valence-electron chi connectivity index (χ1n) is 6.43. The van der Waals surface area contributed by atoms with E-state index >= 15 is 0 Å². The number of likely N-dealkylation sites (N-methyl/N-ethyl adjacent to an activating group) is 1. The Kier molecular flexibility index (Phi) is 5.61. The maximum atomic E-state index is 8.99. The zero-order valence-corrected chi connectivity index (χ0v) is 12.2. The van der Waals surface area contributed by atoms with E-state index in [1.165, 1.54) is 5.56 Å².